The largest absolute Gasteiger partial charge is 0.418 e. The monoisotopic (exact) mass is 512 g/mol. The molecule has 37 heavy (non-hydrogen) atoms. The molecule has 0 spiro atoms. The average molecular weight is 512 g/mol. The minimum Gasteiger partial charge on any atom is -0.382 e. The summed E-state index contributed by atoms with van der Waals surface area (Å²) in [5.41, 5.74) is 2.98. The lowest BCUT2D eigenvalue weighted by molar-refractivity contribution is -0.150. The van der Waals surface area contributed by atoms with Crippen molar-refractivity contribution < 1.29 is 27.2 Å². The Kier molecular flexibility index (Phi) is 5.78. The maximum Gasteiger partial charge on any atom is 0.418 e. The van der Waals surface area contributed by atoms with Crippen molar-refractivity contribution in [3.63, 3.8) is 0 Å². The lowest BCUT2D eigenvalue weighted by atomic mass is 9.35. The van der Waals surface area contributed by atoms with Gasteiger partial charge in [-0.3, -0.25) is 9.59 Å². The van der Waals surface area contributed by atoms with Crippen LogP contribution in [0.3, 0.4) is 0 Å². The first-order chi connectivity index (χ1) is 16.8. The number of carbonyl (C=O) groups is 2. The Morgan fingerprint density at radius 3 is 2.27 bits per heavy atom. The number of benzene rings is 1. The van der Waals surface area contributed by atoms with Crippen molar-refractivity contribution in [2.24, 2.45) is 0 Å². The lowest BCUT2D eigenvalue weighted by Gasteiger charge is -2.64. The standard InChI is InChI=1S/C21H24B4F4N6O2/c1-9(36)35-18(2,3)17(37)33(20(22,23)21(35,24)25)14-6-10(4-5-12(14)26)13-7-11(19(27,28)29)15-16(30)31-8-32-34(13)15/h4-8H,22-25H2,1-3H3,(H2,30,31,32). The Morgan fingerprint density at radius 2 is 1.70 bits per heavy atom. The second kappa shape index (κ2) is 8.03. The molecule has 3 aromatic rings. The number of rotatable bonds is 2. The first-order valence-electron chi connectivity index (χ1n) is 11.5. The zero-order chi connectivity index (χ0) is 27.9. The fourth-order valence-electron chi connectivity index (χ4n) is 5.40. The number of nitrogen functional groups attached to an aromatic ring is 1. The number of nitrogens with two attached hydrogens (primary N) is 1. The summed E-state index contributed by atoms with van der Waals surface area (Å²) in [7, 11) is 7.00. The highest BCUT2D eigenvalue weighted by Crippen LogP contribution is 2.44. The van der Waals surface area contributed by atoms with Crippen molar-refractivity contribution in [1.29, 1.82) is 0 Å². The molecule has 1 saturated heterocycles. The molecule has 0 bridgehead atoms. The normalized spacial score (nSPS) is 18.8. The van der Waals surface area contributed by atoms with Gasteiger partial charge in [0.2, 0.25) is 5.91 Å². The second-order valence-corrected chi connectivity index (χ2v) is 10.7. The third-order valence-corrected chi connectivity index (χ3v) is 7.59. The Bertz CT molecular complexity index is 1460. The van der Waals surface area contributed by atoms with Crippen LogP contribution in [-0.2, 0) is 15.8 Å². The highest BCUT2D eigenvalue weighted by atomic mass is 19.4. The van der Waals surface area contributed by atoms with Crippen LogP contribution in [0.1, 0.15) is 26.3 Å². The number of piperazine rings is 1. The van der Waals surface area contributed by atoms with Gasteiger partial charge in [-0.15, -0.1) is 0 Å². The SMILES string of the molecule is BC1(B)N(c2cc(-c3cc(C(F)(F)F)c4c(N)ncnn34)ccc2F)C(=O)C(C)(C)N(C(C)=O)C1(B)B. The van der Waals surface area contributed by atoms with Crippen LogP contribution in [0.2, 0.25) is 0 Å². The summed E-state index contributed by atoms with van der Waals surface area (Å²) in [5, 5.41) is 1.88. The zero-order valence-electron chi connectivity index (χ0n) is 21.5. The summed E-state index contributed by atoms with van der Waals surface area (Å²) in [5.74, 6) is -1.97. The van der Waals surface area contributed by atoms with Crippen molar-refractivity contribution in [3.05, 3.63) is 42.0 Å². The number of aromatic nitrogens is 3. The van der Waals surface area contributed by atoms with Gasteiger partial charge in [-0.05, 0) is 48.8 Å². The van der Waals surface area contributed by atoms with Gasteiger partial charge in [0, 0.05) is 12.5 Å². The van der Waals surface area contributed by atoms with E-state index in [0.29, 0.717) is 0 Å². The minimum atomic E-state index is -4.75. The minimum absolute atomic E-state index is 0.0103. The van der Waals surface area contributed by atoms with E-state index in [1.54, 1.807) is 45.2 Å². The van der Waals surface area contributed by atoms with Gasteiger partial charge in [0.1, 0.15) is 54.6 Å². The van der Waals surface area contributed by atoms with E-state index in [-0.39, 0.29) is 28.7 Å². The fraction of sp³-hybridized carbons (Fsp3) is 0.333. The van der Waals surface area contributed by atoms with Gasteiger partial charge in [0.25, 0.3) is 5.91 Å². The van der Waals surface area contributed by atoms with Gasteiger partial charge >= 0.3 is 6.18 Å². The van der Waals surface area contributed by atoms with Crippen LogP contribution in [-0.4, -0.2) is 78.9 Å². The topological polar surface area (TPSA) is 96.8 Å². The summed E-state index contributed by atoms with van der Waals surface area (Å²) in [6.07, 6.45) is -3.73. The summed E-state index contributed by atoms with van der Waals surface area (Å²) in [6, 6.07) is 4.57. The average Bonchev–Trinajstić information content (AvgIpc) is 3.15. The molecule has 2 aromatic heterocycles. The number of carbonyl (C=O) groups excluding carboxylic acids is 2. The number of alkyl halides is 3. The molecule has 1 aliphatic heterocycles. The van der Waals surface area contributed by atoms with E-state index in [9.17, 15) is 22.8 Å². The van der Waals surface area contributed by atoms with Crippen molar-refractivity contribution in [2.45, 2.75) is 43.2 Å². The van der Waals surface area contributed by atoms with Crippen LogP contribution < -0.4 is 10.6 Å². The summed E-state index contributed by atoms with van der Waals surface area (Å²) in [4.78, 5) is 32.9. The third-order valence-electron chi connectivity index (χ3n) is 7.59. The van der Waals surface area contributed by atoms with Crippen LogP contribution >= 0.6 is 0 Å². The molecule has 1 aliphatic rings. The van der Waals surface area contributed by atoms with Crippen molar-refractivity contribution in [1.82, 2.24) is 19.5 Å². The molecule has 0 saturated carbocycles. The summed E-state index contributed by atoms with van der Waals surface area (Å²) >= 11 is 0. The molecule has 16 heteroatoms. The predicted molar refractivity (Wildman–Crippen MR) is 142 cm³/mol. The number of hydrogen-bond donors (Lipinski definition) is 1. The van der Waals surface area contributed by atoms with Gasteiger partial charge < -0.3 is 15.5 Å². The van der Waals surface area contributed by atoms with Crippen LogP contribution in [0.5, 0.6) is 0 Å². The van der Waals surface area contributed by atoms with E-state index in [0.717, 1.165) is 23.0 Å². The molecule has 8 nitrogen and oxygen atoms in total. The third kappa shape index (κ3) is 3.71. The predicted octanol–water partition coefficient (Wildman–Crippen LogP) is -1.05. The van der Waals surface area contributed by atoms with Gasteiger partial charge in [-0.1, -0.05) is 0 Å². The van der Waals surface area contributed by atoms with Crippen LogP contribution in [0, 0.1) is 5.82 Å². The van der Waals surface area contributed by atoms with E-state index in [1.165, 1.54) is 28.9 Å². The molecule has 4 rings (SSSR count). The number of amides is 2. The van der Waals surface area contributed by atoms with E-state index in [2.05, 4.69) is 10.1 Å². The molecule has 2 N–H and O–H groups in total. The number of hydrogen-bond acceptors (Lipinski definition) is 5. The lowest BCUT2D eigenvalue weighted by Crippen LogP contribution is -2.85. The van der Waals surface area contributed by atoms with E-state index in [4.69, 9.17) is 5.73 Å². The highest BCUT2D eigenvalue weighted by Gasteiger charge is 2.60. The Balaban J connectivity index is 1.97. The first-order valence-corrected chi connectivity index (χ1v) is 11.5. The molecular formula is C21H24B4F4N6O2. The van der Waals surface area contributed by atoms with Crippen LogP contribution in [0.4, 0.5) is 29.1 Å². The number of halogens is 4. The maximum absolute atomic E-state index is 15.4. The van der Waals surface area contributed by atoms with Crippen LogP contribution in [0.15, 0.2) is 30.6 Å². The maximum atomic E-state index is 15.4. The molecule has 1 aromatic carbocycles. The molecule has 190 valence electrons. The number of nitrogens with zero attached hydrogens (tertiary/aromatic N) is 5. The number of fused-ring (bicyclic) bond motifs is 1. The van der Waals surface area contributed by atoms with E-state index < -0.39 is 45.2 Å². The van der Waals surface area contributed by atoms with Gasteiger partial charge in [0.05, 0.1) is 16.9 Å². The Morgan fingerprint density at radius 1 is 1.08 bits per heavy atom. The van der Waals surface area contributed by atoms with Gasteiger partial charge in [0.15, 0.2) is 5.82 Å². The first kappa shape index (κ1) is 26.6. The van der Waals surface area contributed by atoms with E-state index >= 15 is 4.39 Å². The fourth-order valence-corrected chi connectivity index (χ4v) is 5.40. The molecule has 0 aliphatic carbocycles. The molecular weight excluding hydrogens is 488 g/mol. The van der Waals surface area contributed by atoms with Gasteiger partial charge in [-0.25, -0.2) is 13.9 Å². The Labute approximate surface area is 214 Å². The highest BCUT2D eigenvalue weighted by molar-refractivity contribution is 6.58. The molecule has 3 heterocycles. The van der Waals surface area contributed by atoms with Gasteiger partial charge in [-0.2, -0.15) is 18.3 Å². The number of anilines is 2. The van der Waals surface area contributed by atoms with Crippen molar-refractivity contribution in [3.8, 4) is 11.3 Å². The summed E-state index contributed by atoms with van der Waals surface area (Å²) < 4.78 is 57.9. The quantitative estimate of drug-likeness (QED) is 0.350. The molecule has 2 amide bonds. The van der Waals surface area contributed by atoms with Crippen molar-refractivity contribution in [2.75, 3.05) is 10.6 Å². The van der Waals surface area contributed by atoms with Crippen LogP contribution in [0.25, 0.3) is 16.8 Å². The summed E-state index contributed by atoms with van der Waals surface area (Å²) in [6.45, 7) is 4.53. The second-order valence-electron chi connectivity index (χ2n) is 10.7. The molecule has 1 fully saturated rings. The van der Waals surface area contributed by atoms with E-state index in [1.807, 2.05) is 0 Å². The Hall–Kier alpha value is -3.44. The molecule has 0 atom stereocenters. The molecule has 0 radical (unpaired) electrons. The van der Waals surface area contributed by atoms with Crippen molar-refractivity contribution >= 4 is 60.2 Å². The molecule has 0 unspecified atom stereocenters. The zero-order valence-corrected chi connectivity index (χ0v) is 21.5. The smallest absolute Gasteiger partial charge is 0.382 e.